The zero-order chi connectivity index (χ0) is 15.9. The molecule has 2 rings (SSSR count). The van der Waals surface area contributed by atoms with Crippen molar-refractivity contribution < 1.29 is 9.53 Å². The monoisotopic (exact) mass is 316 g/mol. The summed E-state index contributed by atoms with van der Waals surface area (Å²) in [6, 6.07) is 14.7. The van der Waals surface area contributed by atoms with Gasteiger partial charge < -0.3 is 4.74 Å². The quantitative estimate of drug-likeness (QED) is 0.677. The van der Waals surface area contributed by atoms with Gasteiger partial charge in [-0.15, -0.1) is 0 Å². The van der Waals surface area contributed by atoms with Gasteiger partial charge in [-0.25, -0.2) is 5.43 Å². The zero-order valence-electron chi connectivity index (χ0n) is 12.4. The summed E-state index contributed by atoms with van der Waals surface area (Å²) >= 11 is 5.80. The summed E-state index contributed by atoms with van der Waals surface area (Å²) < 4.78 is 5.57. The highest BCUT2D eigenvalue weighted by molar-refractivity contribution is 6.30. The molecule has 1 N–H and O–H groups in total. The van der Waals surface area contributed by atoms with Crippen molar-refractivity contribution in [2.75, 3.05) is 0 Å². The molecule has 1 amide bonds. The van der Waals surface area contributed by atoms with Gasteiger partial charge in [-0.05, 0) is 49.2 Å². The highest BCUT2D eigenvalue weighted by atomic mass is 35.5. The van der Waals surface area contributed by atoms with E-state index in [0.717, 1.165) is 11.1 Å². The third kappa shape index (κ3) is 4.90. The number of rotatable bonds is 5. The van der Waals surface area contributed by atoms with Gasteiger partial charge in [0.15, 0.2) is 6.10 Å². The van der Waals surface area contributed by atoms with Gasteiger partial charge in [0.1, 0.15) is 5.75 Å². The molecule has 0 saturated carbocycles. The minimum absolute atomic E-state index is 0.313. The van der Waals surface area contributed by atoms with Crippen molar-refractivity contribution in [2.45, 2.75) is 20.0 Å². The van der Waals surface area contributed by atoms with Crippen LogP contribution in [0, 0.1) is 6.92 Å². The van der Waals surface area contributed by atoms with E-state index in [1.54, 1.807) is 25.3 Å². The first kappa shape index (κ1) is 16.0. The van der Waals surface area contributed by atoms with Gasteiger partial charge in [0.05, 0.1) is 6.21 Å². The second-order valence-electron chi connectivity index (χ2n) is 4.86. The molecule has 0 saturated heterocycles. The Hall–Kier alpha value is -2.33. The number of hydrogen-bond acceptors (Lipinski definition) is 3. The molecule has 0 heterocycles. The molecule has 0 aliphatic carbocycles. The number of benzene rings is 2. The lowest BCUT2D eigenvalue weighted by Gasteiger charge is -2.13. The minimum Gasteiger partial charge on any atom is -0.481 e. The molecular formula is C17H17ClN2O2. The Bertz CT molecular complexity index is 669. The highest BCUT2D eigenvalue weighted by Gasteiger charge is 2.13. The summed E-state index contributed by atoms with van der Waals surface area (Å²) in [6.45, 7) is 3.64. The summed E-state index contributed by atoms with van der Waals surface area (Å²) in [5.41, 5.74) is 4.37. The lowest BCUT2D eigenvalue weighted by molar-refractivity contribution is -0.127. The van der Waals surface area contributed by atoms with Gasteiger partial charge in [0.25, 0.3) is 5.91 Å². The molecule has 114 valence electrons. The molecule has 5 heteroatoms. The summed E-state index contributed by atoms with van der Waals surface area (Å²) in [5.74, 6) is 0.344. The van der Waals surface area contributed by atoms with E-state index in [0.29, 0.717) is 10.8 Å². The van der Waals surface area contributed by atoms with Crippen LogP contribution in [0.15, 0.2) is 53.6 Å². The lowest BCUT2D eigenvalue weighted by atomic mass is 10.2. The fraction of sp³-hybridized carbons (Fsp3) is 0.176. The number of ether oxygens (including phenoxy) is 1. The molecule has 1 atom stereocenters. The molecule has 0 radical (unpaired) electrons. The van der Waals surface area contributed by atoms with Crippen LogP contribution in [0.3, 0.4) is 0 Å². The van der Waals surface area contributed by atoms with E-state index < -0.39 is 6.10 Å². The van der Waals surface area contributed by atoms with Crippen LogP contribution in [0.25, 0.3) is 0 Å². The molecule has 0 unspecified atom stereocenters. The first-order chi connectivity index (χ1) is 10.5. The molecule has 0 aromatic heterocycles. The third-order valence-corrected chi connectivity index (χ3v) is 3.18. The van der Waals surface area contributed by atoms with Crippen LogP contribution in [0.1, 0.15) is 18.1 Å². The zero-order valence-corrected chi connectivity index (χ0v) is 13.2. The third-order valence-electron chi connectivity index (χ3n) is 2.93. The van der Waals surface area contributed by atoms with E-state index in [-0.39, 0.29) is 5.91 Å². The first-order valence-corrected chi connectivity index (χ1v) is 7.24. The van der Waals surface area contributed by atoms with Crippen molar-refractivity contribution in [3.05, 3.63) is 64.7 Å². The van der Waals surface area contributed by atoms with E-state index in [1.807, 2.05) is 43.3 Å². The van der Waals surface area contributed by atoms with Crippen LogP contribution in [0.4, 0.5) is 0 Å². The van der Waals surface area contributed by atoms with Gasteiger partial charge in [-0.3, -0.25) is 4.79 Å². The van der Waals surface area contributed by atoms with Gasteiger partial charge in [0, 0.05) is 5.02 Å². The number of hydrazone groups is 1. The van der Waals surface area contributed by atoms with Crippen molar-refractivity contribution in [1.82, 2.24) is 5.43 Å². The lowest BCUT2D eigenvalue weighted by Crippen LogP contribution is -2.33. The first-order valence-electron chi connectivity index (χ1n) is 6.86. The Morgan fingerprint density at radius 1 is 1.27 bits per heavy atom. The molecule has 0 aliphatic rings. The summed E-state index contributed by atoms with van der Waals surface area (Å²) in [6.07, 6.45) is 0.914. The largest absolute Gasteiger partial charge is 0.481 e. The maximum atomic E-state index is 11.9. The Morgan fingerprint density at radius 3 is 2.68 bits per heavy atom. The molecule has 4 nitrogen and oxygen atoms in total. The maximum Gasteiger partial charge on any atom is 0.280 e. The fourth-order valence-corrected chi connectivity index (χ4v) is 1.88. The second kappa shape index (κ2) is 7.61. The molecule has 0 fully saturated rings. The SMILES string of the molecule is Cc1cccc(O[C@H](C)C(=O)N/N=C/c2ccc(Cl)cc2)c1. The fourth-order valence-electron chi connectivity index (χ4n) is 1.76. The van der Waals surface area contributed by atoms with Gasteiger partial charge >= 0.3 is 0 Å². The Kier molecular flexibility index (Phi) is 5.55. The van der Waals surface area contributed by atoms with E-state index in [4.69, 9.17) is 16.3 Å². The van der Waals surface area contributed by atoms with E-state index in [9.17, 15) is 4.79 Å². The van der Waals surface area contributed by atoms with Crippen molar-refractivity contribution >= 4 is 23.7 Å². The van der Waals surface area contributed by atoms with E-state index >= 15 is 0 Å². The van der Waals surface area contributed by atoms with Crippen LogP contribution in [0.2, 0.25) is 5.02 Å². The number of hydrogen-bond donors (Lipinski definition) is 1. The van der Waals surface area contributed by atoms with Crippen molar-refractivity contribution in [3.63, 3.8) is 0 Å². The molecule has 0 spiro atoms. The average Bonchev–Trinajstić information content (AvgIpc) is 2.49. The summed E-state index contributed by atoms with van der Waals surface area (Å²) in [4.78, 5) is 11.9. The normalized spacial score (nSPS) is 12.1. The van der Waals surface area contributed by atoms with Crippen LogP contribution < -0.4 is 10.2 Å². The van der Waals surface area contributed by atoms with Crippen LogP contribution in [0.5, 0.6) is 5.75 Å². The molecule has 0 bridgehead atoms. The Labute approximate surface area is 134 Å². The second-order valence-corrected chi connectivity index (χ2v) is 5.30. The number of amides is 1. The number of carbonyl (C=O) groups is 1. The van der Waals surface area contributed by atoms with Crippen LogP contribution in [-0.2, 0) is 4.79 Å². The van der Waals surface area contributed by atoms with Gasteiger partial charge in [-0.1, -0.05) is 35.9 Å². The van der Waals surface area contributed by atoms with E-state index in [1.165, 1.54) is 0 Å². The molecule has 2 aromatic carbocycles. The van der Waals surface area contributed by atoms with Crippen molar-refractivity contribution in [1.29, 1.82) is 0 Å². The molecule has 2 aromatic rings. The Balaban J connectivity index is 1.87. The van der Waals surface area contributed by atoms with Crippen LogP contribution in [-0.4, -0.2) is 18.2 Å². The maximum absolute atomic E-state index is 11.9. The predicted octanol–water partition coefficient (Wildman–Crippen LogP) is 3.57. The Morgan fingerprint density at radius 2 is 2.00 bits per heavy atom. The highest BCUT2D eigenvalue weighted by Crippen LogP contribution is 2.14. The molecule has 0 aliphatic heterocycles. The summed E-state index contributed by atoms with van der Waals surface area (Å²) in [5, 5.41) is 4.56. The molecular weight excluding hydrogens is 300 g/mol. The number of nitrogens with zero attached hydrogens (tertiary/aromatic N) is 1. The van der Waals surface area contributed by atoms with Crippen molar-refractivity contribution in [3.8, 4) is 5.75 Å². The standard InChI is InChI=1S/C17H17ClN2O2/c1-12-4-3-5-16(10-12)22-13(2)17(21)20-19-11-14-6-8-15(18)9-7-14/h3-11,13H,1-2H3,(H,20,21)/b19-11+/t13-/m1/s1. The van der Waals surface area contributed by atoms with Crippen LogP contribution >= 0.6 is 11.6 Å². The topological polar surface area (TPSA) is 50.7 Å². The molecule has 22 heavy (non-hydrogen) atoms. The minimum atomic E-state index is -0.635. The van der Waals surface area contributed by atoms with E-state index in [2.05, 4.69) is 10.5 Å². The average molecular weight is 317 g/mol. The van der Waals surface area contributed by atoms with Crippen molar-refractivity contribution in [2.24, 2.45) is 5.10 Å². The van der Waals surface area contributed by atoms with Gasteiger partial charge in [-0.2, -0.15) is 5.10 Å². The number of halogens is 1. The summed E-state index contributed by atoms with van der Waals surface area (Å²) in [7, 11) is 0. The smallest absolute Gasteiger partial charge is 0.280 e. The predicted molar refractivity (Wildman–Crippen MR) is 88.5 cm³/mol. The number of nitrogens with one attached hydrogen (secondary N) is 1. The van der Waals surface area contributed by atoms with Gasteiger partial charge in [0.2, 0.25) is 0 Å². The number of aryl methyl sites for hydroxylation is 1. The number of carbonyl (C=O) groups excluding carboxylic acids is 1.